The summed E-state index contributed by atoms with van der Waals surface area (Å²) in [6, 6.07) is 5.95. The normalized spacial score (nSPS) is 17.9. The molecule has 1 fully saturated rings. The molecule has 0 aliphatic heterocycles. The van der Waals surface area contributed by atoms with Gasteiger partial charge >= 0.3 is 6.18 Å². The Morgan fingerprint density at radius 3 is 2.31 bits per heavy atom. The van der Waals surface area contributed by atoms with E-state index in [2.05, 4.69) is 0 Å². The summed E-state index contributed by atoms with van der Waals surface area (Å²) in [7, 11) is 0. The molecule has 0 aromatic heterocycles. The molecule has 0 unspecified atom stereocenters. The molecule has 0 radical (unpaired) electrons. The van der Waals surface area contributed by atoms with Gasteiger partial charge in [0.05, 0.1) is 5.56 Å². The van der Waals surface area contributed by atoms with Crippen LogP contribution in [-0.2, 0) is 12.6 Å². The Bertz CT molecular complexity index is 348. The molecule has 0 N–H and O–H groups in total. The molecular weight excluding hydrogens is 213 g/mol. The molecule has 1 aliphatic rings. The van der Waals surface area contributed by atoms with Gasteiger partial charge in [0.15, 0.2) is 0 Å². The first-order valence-electron chi connectivity index (χ1n) is 5.72. The molecule has 1 aromatic rings. The molecule has 0 spiro atoms. The van der Waals surface area contributed by atoms with Gasteiger partial charge in [0, 0.05) is 0 Å². The van der Waals surface area contributed by atoms with E-state index in [1.165, 1.54) is 25.0 Å². The van der Waals surface area contributed by atoms with Crippen molar-refractivity contribution in [3.05, 3.63) is 35.4 Å². The summed E-state index contributed by atoms with van der Waals surface area (Å²) in [6.07, 6.45) is 0.848. The van der Waals surface area contributed by atoms with Crippen molar-refractivity contribution in [2.24, 2.45) is 5.92 Å². The van der Waals surface area contributed by atoms with Gasteiger partial charge in [-0.2, -0.15) is 13.2 Å². The quantitative estimate of drug-likeness (QED) is 0.702. The average molecular weight is 228 g/mol. The zero-order valence-corrected chi connectivity index (χ0v) is 9.06. The van der Waals surface area contributed by atoms with Crippen molar-refractivity contribution in [1.29, 1.82) is 0 Å². The van der Waals surface area contributed by atoms with E-state index in [9.17, 15) is 13.2 Å². The van der Waals surface area contributed by atoms with Crippen LogP contribution >= 0.6 is 0 Å². The Kier molecular flexibility index (Phi) is 3.22. The molecule has 1 aliphatic carbocycles. The molecule has 88 valence electrons. The maximum absolute atomic E-state index is 12.7. The van der Waals surface area contributed by atoms with Crippen molar-refractivity contribution in [2.75, 3.05) is 0 Å². The maximum atomic E-state index is 12.7. The second-order valence-electron chi connectivity index (χ2n) is 4.51. The lowest BCUT2D eigenvalue weighted by Crippen LogP contribution is -2.11. The van der Waals surface area contributed by atoms with Gasteiger partial charge in [-0.1, -0.05) is 43.9 Å². The van der Waals surface area contributed by atoms with Crippen LogP contribution in [0.2, 0.25) is 0 Å². The smallest absolute Gasteiger partial charge is 0.166 e. The predicted molar refractivity (Wildman–Crippen MR) is 57.1 cm³/mol. The minimum atomic E-state index is -4.21. The number of hydrogen-bond donors (Lipinski definition) is 0. The van der Waals surface area contributed by atoms with Gasteiger partial charge in [0.2, 0.25) is 0 Å². The van der Waals surface area contributed by atoms with E-state index in [4.69, 9.17) is 0 Å². The van der Waals surface area contributed by atoms with Crippen LogP contribution in [-0.4, -0.2) is 0 Å². The molecular formula is C13H15F3. The highest BCUT2D eigenvalue weighted by molar-refractivity contribution is 5.30. The molecule has 0 atom stereocenters. The lowest BCUT2D eigenvalue weighted by molar-refractivity contribution is -0.138. The van der Waals surface area contributed by atoms with E-state index in [0.717, 1.165) is 12.8 Å². The highest BCUT2D eigenvalue weighted by Crippen LogP contribution is 2.35. The minimum absolute atomic E-state index is 0.448. The van der Waals surface area contributed by atoms with E-state index < -0.39 is 11.7 Å². The summed E-state index contributed by atoms with van der Waals surface area (Å²) in [5.74, 6) is 0.448. The molecule has 0 amide bonds. The first-order valence-corrected chi connectivity index (χ1v) is 5.72. The summed E-state index contributed by atoms with van der Waals surface area (Å²) in [6.45, 7) is 0. The summed E-state index contributed by atoms with van der Waals surface area (Å²) < 4.78 is 38.2. The number of hydrogen-bond acceptors (Lipinski definition) is 0. The third kappa shape index (κ3) is 2.57. The Morgan fingerprint density at radius 1 is 1.06 bits per heavy atom. The van der Waals surface area contributed by atoms with Gasteiger partial charge in [-0.25, -0.2) is 0 Å². The third-order valence-corrected chi connectivity index (χ3v) is 3.31. The summed E-state index contributed by atoms with van der Waals surface area (Å²) in [4.78, 5) is 0. The molecule has 0 heterocycles. The van der Waals surface area contributed by atoms with E-state index in [1.807, 2.05) is 0 Å². The third-order valence-electron chi connectivity index (χ3n) is 3.31. The second kappa shape index (κ2) is 4.48. The zero-order valence-electron chi connectivity index (χ0n) is 9.06. The minimum Gasteiger partial charge on any atom is -0.166 e. The van der Waals surface area contributed by atoms with Crippen LogP contribution in [0, 0.1) is 5.92 Å². The van der Waals surface area contributed by atoms with Crippen LogP contribution in [0.1, 0.15) is 36.8 Å². The van der Waals surface area contributed by atoms with E-state index in [1.54, 1.807) is 12.1 Å². The largest absolute Gasteiger partial charge is 0.416 e. The van der Waals surface area contributed by atoms with Crippen molar-refractivity contribution in [3.63, 3.8) is 0 Å². The lowest BCUT2D eigenvalue weighted by atomic mass is 9.94. The van der Waals surface area contributed by atoms with Crippen LogP contribution < -0.4 is 0 Å². The lowest BCUT2D eigenvalue weighted by Gasteiger charge is -2.15. The number of alkyl halides is 3. The van der Waals surface area contributed by atoms with Crippen molar-refractivity contribution in [2.45, 2.75) is 38.3 Å². The summed E-state index contributed by atoms with van der Waals surface area (Å²) in [5.41, 5.74) is 0.00352. The van der Waals surface area contributed by atoms with Gasteiger partial charge < -0.3 is 0 Å². The van der Waals surface area contributed by atoms with E-state index in [-0.39, 0.29) is 0 Å². The number of halogens is 3. The molecule has 0 bridgehead atoms. The first-order chi connectivity index (χ1) is 7.57. The standard InChI is InChI=1S/C13H15F3/c14-13(15,16)12-8-4-3-7-11(12)9-10-5-1-2-6-10/h3-4,7-8,10H,1-2,5-6,9H2. The highest BCUT2D eigenvalue weighted by atomic mass is 19.4. The number of benzene rings is 1. The molecule has 0 saturated heterocycles. The fourth-order valence-corrected chi connectivity index (χ4v) is 2.50. The van der Waals surface area contributed by atoms with E-state index >= 15 is 0 Å². The highest BCUT2D eigenvalue weighted by Gasteiger charge is 2.33. The van der Waals surface area contributed by atoms with Crippen molar-refractivity contribution >= 4 is 0 Å². The molecule has 2 rings (SSSR count). The van der Waals surface area contributed by atoms with Crippen molar-refractivity contribution < 1.29 is 13.2 Å². The topological polar surface area (TPSA) is 0 Å². The van der Waals surface area contributed by atoms with Crippen molar-refractivity contribution in [3.8, 4) is 0 Å². The van der Waals surface area contributed by atoms with Crippen molar-refractivity contribution in [1.82, 2.24) is 0 Å². The molecule has 1 saturated carbocycles. The molecule has 0 nitrogen and oxygen atoms in total. The monoisotopic (exact) mass is 228 g/mol. The SMILES string of the molecule is FC(F)(F)c1ccccc1CC1CCCC1. The van der Waals surface area contributed by atoms with Crippen LogP contribution in [0.5, 0.6) is 0 Å². The zero-order chi connectivity index (χ0) is 11.6. The van der Waals surface area contributed by atoms with Gasteiger partial charge in [0.1, 0.15) is 0 Å². The van der Waals surface area contributed by atoms with E-state index in [0.29, 0.717) is 17.9 Å². The van der Waals surface area contributed by atoms with Gasteiger partial charge in [-0.15, -0.1) is 0 Å². The fraction of sp³-hybridized carbons (Fsp3) is 0.538. The maximum Gasteiger partial charge on any atom is 0.416 e. The van der Waals surface area contributed by atoms with Gasteiger partial charge in [-0.05, 0) is 24.0 Å². The summed E-state index contributed by atoms with van der Waals surface area (Å²) >= 11 is 0. The first kappa shape index (κ1) is 11.5. The fourth-order valence-electron chi connectivity index (χ4n) is 2.50. The second-order valence-corrected chi connectivity index (χ2v) is 4.51. The predicted octanol–water partition coefficient (Wildman–Crippen LogP) is 4.44. The Morgan fingerprint density at radius 2 is 1.69 bits per heavy atom. The Labute approximate surface area is 93.5 Å². The average Bonchev–Trinajstić information content (AvgIpc) is 2.70. The van der Waals surface area contributed by atoms with Gasteiger partial charge in [-0.3, -0.25) is 0 Å². The van der Waals surface area contributed by atoms with Crippen LogP contribution in [0.4, 0.5) is 13.2 Å². The van der Waals surface area contributed by atoms with Crippen LogP contribution in [0.3, 0.4) is 0 Å². The molecule has 1 aromatic carbocycles. The Hall–Kier alpha value is -0.990. The molecule has 16 heavy (non-hydrogen) atoms. The van der Waals surface area contributed by atoms with Crippen LogP contribution in [0.25, 0.3) is 0 Å². The number of rotatable bonds is 2. The Balaban J connectivity index is 2.19. The molecule has 3 heteroatoms. The summed E-state index contributed by atoms with van der Waals surface area (Å²) in [5, 5.41) is 0. The van der Waals surface area contributed by atoms with Crippen LogP contribution in [0.15, 0.2) is 24.3 Å². The van der Waals surface area contributed by atoms with Gasteiger partial charge in [0.25, 0.3) is 0 Å².